The maximum absolute atomic E-state index is 5.41. The van der Waals surface area contributed by atoms with Crippen LogP contribution in [-0.2, 0) is 42.6 Å². The van der Waals surface area contributed by atoms with Crippen molar-refractivity contribution in [1.82, 2.24) is 0 Å². The number of ether oxygens (including phenoxy) is 9. The molecule has 1 fully saturated rings. The lowest BCUT2D eigenvalue weighted by atomic mass is 10.5. The molecule has 0 N–H and O–H groups in total. The molecule has 1 atom stereocenters. The van der Waals surface area contributed by atoms with Gasteiger partial charge >= 0.3 is 0 Å². The van der Waals surface area contributed by atoms with E-state index in [9.17, 15) is 0 Å². The molecule has 0 spiro atoms. The summed E-state index contributed by atoms with van der Waals surface area (Å²) in [6.45, 7) is 9.38. The van der Waals surface area contributed by atoms with Gasteiger partial charge in [0.05, 0.1) is 106 Å². The molecule has 0 radical (unpaired) electrons. The van der Waals surface area contributed by atoms with E-state index in [-0.39, 0.29) is 0 Å². The molecule has 0 aromatic heterocycles. The first-order chi connectivity index (χ1) is 13.4. The van der Waals surface area contributed by atoms with Crippen molar-refractivity contribution < 1.29 is 42.6 Å². The first-order valence-electron chi connectivity index (χ1n) is 9.58. The van der Waals surface area contributed by atoms with Gasteiger partial charge in [-0.25, -0.2) is 0 Å². The van der Waals surface area contributed by atoms with Crippen LogP contribution in [0.3, 0.4) is 0 Å². The van der Waals surface area contributed by atoms with Crippen molar-refractivity contribution in [3.8, 4) is 0 Å². The monoisotopic (exact) mass is 396 g/mol. The van der Waals surface area contributed by atoms with E-state index < -0.39 is 0 Å². The third kappa shape index (κ3) is 20.2. The summed E-state index contributed by atoms with van der Waals surface area (Å²) in [7, 11) is 1.65. The maximum Gasteiger partial charge on any atom is 0.104 e. The molecule has 0 saturated carbocycles. The van der Waals surface area contributed by atoms with Crippen LogP contribution in [0.15, 0.2) is 0 Å². The van der Waals surface area contributed by atoms with Crippen LogP contribution in [-0.4, -0.2) is 119 Å². The minimum atomic E-state index is 0.309. The predicted molar refractivity (Wildman–Crippen MR) is 97.3 cm³/mol. The van der Waals surface area contributed by atoms with Crippen LogP contribution in [0.2, 0.25) is 0 Å². The molecule has 1 saturated heterocycles. The predicted octanol–water partition coefficient (Wildman–Crippen LogP) is 0.148. The van der Waals surface area contributed by atoms with Gasteiger partial charge in [-0.2, -0.15) is 0 Å². The minimum absolute atomic E-state index is 0.309. The van der Waals surface area contributed by atoms with Crippen molar-refractivity contribution in [2.45, 2.75) is 6.10 Å². The molecule has 162 valence electrons. The Bertz CT molecular complexity index is 290. The highest BCUT2D eigenvalue weighted by atomic mass is 16.6. The van der Waals surface area contributed by atoms with Crippen molar-refractivity contribution in [1.29, 1.82) is 0 Å². The first-order valence-corrected chi connectivity index (χ1v) is 9.58. The van der Waals surface area contributed by atoms with Gasteiger partial charge in [0.1, 0.15) is 6.10 Å². The van der Waals surface area contributed by atoms with Gasteiger partial charge in [0.25, 0.3) is 0 Å². The number of rotatable bonds is 23. The van der Waals surface area contributed by atoms with Crippen molar-refractivity contribution >= 4 is 0 Å². The van der Waals surface area contributed by atoms with Gasteiger partial charge < -0.3 is 42.6 Å². The Kier molecular flexibility index (Phi) is 18.6. The van der Waals surface area contributed by atoms with E-state index in [1.54, 1.807) is 7.11 Å². The van der Waals surface area contributed by atoms with E-state index in [0.717, 1.165) is 6.61 Å². The Morgan fingerprint density at radius 1 is 0.519 bits per heavy atom. The number of epoxide rings is 1. The minimum Gasteiger partial charge on any atom is -0.382 e. The van der Waals surface area contributed by atoms with E-state index in [4.69, 9.17) is 42.6 Å². The van der Waals surface area contributed by atoms with Crippen LogP contribution in [0.5, 0.6) is 0 Å². The van der Waals surface area contributed by atoms with E-state index >= 15 is 0 Å². The van der Waals surface area contributed by atoms with Gasteiger partial charge in [0, 0.05) is 7.11 Å². The van der Waals surface area contributed by atoms with Crippen molar-refractivity contribution in [3.05, 3.63) is 0 Å². The molecule has 0 aliphatic carbocycles. The number of hydrogen-bond acceptors (Lipinski definition) is 9. The molecular formula is C18H36O9. The Morgan fingerprint density at radius 3 is 1.11 bits per heavy atom. The van der Waals surface area contributed by atoms with E-state index in [0.29, 0.717) is 105 Å². The molecule has 1 heterocycles. The van der Waals surface area contributed by atoms with Gasteiger partial charge in [0.2, 0.25) is 0 Å². The summed E-state index contributed by atoms with van der Waals surface area (Å²) in [6, 6.07) is 0. The Labute approximate surface area is 162 Å². The fourth-order valence-corrected chi connectivity index (χ4v) is 1.84. The molecule has 1 aliphatic rings. The zero-order valence-electron chi connectivity index (χ0n) is 16.6. The fraction of sp³-hybridized carbons (Fsp3) is 1.00. The van der Waals surface area contributed by atoms with Crippen LogP contribution in [0.1, 0.15) is 0 Å². The zero-order valence-corrected chi connectivity index (χ0v) is 16.6. The second kappa shape index (κ2) is 20.4. The van der Waals surface area contributed by atoms with Crippen LogP contribution < -0.4 is 0 Å². The van der Waals surface area contributed by atoms with Crippen LogP contribution >= 0.6 is 0 Å². The average molecular weight is 396 g/mol. The van der Waals surface area contributed by atoms with Gasteiger partial charge in [-0.05, 0) is 0 Å². The fourth-order valence-electron chi connectivity index (χ4n) is 1.84. The Hall–Kier alpha value is -0.360. The van der Waals surface area contributed by atoms with Gasteiger partial charge in [-0.15, -0.1) is 0 Å². The topological polar surface area (TPSA) is 86.4 Å². The lowest BCUT2D eigenvalue weighted by Gasteiger charge is -2.08. The van der Waals surface area contributed by atoms with Crippen molar-refractivity contribution in [2.75, 3.05) is 113 Å². The molecule has 9 heteroatoms. The lowest BCUT2D eigenvalue weighted by molar-refractivity contribution is -0.0224. The smallest absolute Gasteiger partial charge is 0.104 e. The normalized spacial score (nSPS) is 16.1. The molecule has 1 aliphatic heterocycles. The molecule has 0 aromatic carbocycles. The Balaban J connectivity index is 1.59. The largest absolute Gasteiger partial charge is 0.382 e. The molecule has 1 unspecified atom stereocenters. The standard InChI is InChI=1S/C18H36O9/c1-19-2-3-20-4-5-21-6-7-22-8-9-23-10-11-24-12-13-25-14-15-26-16-18-17-27-18/h18H,2-17H2,1H3. The summed E-state index contributed by atoms with van der Waals surface area (Å²) in [4.78, 5) is 0. The molecular weight excluding hydrogens is 360 g/mol. The van der Waals surface area contributed by atoms with Gasteiger partial charge in [-0.1, -0.05) is 0 Å². The SMILES string of the molecule is COCCOCCOCCOCCOCCOCCOCCOCC1CO1. The second-order valence-corrected chi connectivity index (χ2v) is 5.70. The molecule has 0 bridgehead atoms. The molecule has 0 amide bonds. The molecule has 0 aromatic rings. The summed E-state index contributed by atoms with van der Waals surface area (Å²) in [6.07, 6.45) is 0.309. The highest BCUT2D eigenvalue weighted by Crippen LogP contribution is 2.07. The summed E-state index contributed by atoms with van der Waals surface area (Å²) >= 11 is 0. The lowest BCUT2D eigenvalue weighted by Crippen LogP contribution is -2.15. The zero-order chi connectivity index (χ0) is 19.3. The summed E-state index contributed by atoms with van der Waals surface area (Å²) in [5.74, 6) is 0. The molecule has 1 rings (SSSR count). The highest BCUT2D eigenvalue weighted by molar-refractivity contribution is 4.66. The summed E-state index contributed by atoms with van der Waals surface area (Å²) < 4.78 is 47.5. The van der Waals surface area contributed by atoms with Crippen LogP contribution in [0, 0.1) is 0 Å². The van der Waals surface area contributed by atoms with Gasteiger partial charge in [-0.3, -0.25) is 0 Å². The van der Waals surface area contributed by atoms with Crippen LogP contribution in [0.4, 0.5) is 0 Å². The van der Waals surface area contributed by atoms with E-state index in [1.165, 1.54) is 0 Å². The van der Waals surface area contributed by atoms with E-state index in [1.807, 2.05) is 0 Å². The van der Waals surface area contributed by atoms with Gasteiger partial charge in [0.15, 0.2) is 0 Å². The maximum atomic E-state index is 5.41. The molecule has 9 nitrogen and oxygen atoms in total. The first kappa shape index (κ1) is 24.7. The van der Waals surface area contributed by atoms with Crippen LogP contribution in [0.25, 0.3) is 0 Å². The highest BCUT2D eigenvalue weighted by Gasteiger charge is 2.21. The quantitative estimate of drug-likeness (QED) is 0.177. The van der Waals surface area contributed by atoms with Crippen molar-refractivity contribution in [3.63, 3.8) is 0 Å². The Morgan fingerprint density at radius 2 is 0.815 bits per heavy atom. The number of hydrogen-bond donors (Lipinski definition) is 0. The second-order valence-electron chi connectivity index (χ2n) is 5.70. The molecule has 27 heavy (non-hydrogen) atoms. The third-order valence-electron chi connectivity index (χ3n) is 3.37. The summed E-state index contributed by atoms with van der Waals surface area (Å²) in [5.41, 5.74) is 0. The third-order valence-corrected chi connectivity index (χ3v) is 3.37. The summed E-state index contributed by atoms with van der Waals surface area (Å²) in [5, 5.41) is 0. The van der Waals surface area contributed by atoms with Crippen molar-refractivity contribution in [2.24, 2.45) is 0 Å². The van der Waals surface area contributed by atoms with E-state index in [2.05, 4.69) is 0 Å². The number of methoxy groups -OCH3 is 1. The average Bonchev–Trinajstić information content (AvgIpc) is 3.50.